The summed E-state index contributed by atoms with van der Waals surface area (Å²) in [6, 6.07) is 15.1. The van der Waals surface area contributed by atoms with Gasteiger partial charge in [0.05, 0.1) is 13.0 Å². The molecule has 1 aliphatic rings. The Balaban J connectivity index is 1.64. The fourth-order valence-corrected chi connectivity index (χ4v) is 3.24. The van der Waals surface area contributed by atoms with Crippen LogP contribution in [0, 0.1) is 18.9 Å². The van der Waals surface area contributed by atoms with Crippen molar-refractivity contribution >= 4 is 23.5 Å². The van der Waals surface area contributed by atoms with Crippen LogP contribution >= 0.6 is 0 Å². The lowest BCUT2D eigenvalue weighted by atomic mass is 9.96. The Morgan fingerprint density at radius 2 is 1.75 bits per heavy atom. The smallest absolute Gasteiger partial charge is 0.308 e. The highest BCUT2D eigenvalue weighted by molar-refractivity contribution is 6.05. The molecule has 6 heteroatoms. The molecular formula is C22H23N2O4. The third-order valence-corrected chi connectivity index (χ3v) is 4.92. The van der Waals surface area contributed by atoms with Crippen molar-refractivity contribution in [2.24, 2.45) is 5.92 Å². The first-order valence-electron chi connectivity index (χ1n) is 9.24. The predicted octanol–water partition coefficient (Wildman–Crippen LogP) is 3.07. The minimum absolute atomic E-state index is 0.133. The summed E-state index contributed by atoms with van der Waals surface area (Å²) < 4.78 is 4.78. The number of carbonyl (C=O) groups is 3. The number of hydrogen-bond donors (Lipinski definition) is 1. The van der Waals surface area contributed by atoms with Crippen LogP contribution in [0.25, 0.3) is 0 Å². The molecule has 0 aromatic heterocycles. The van der Waals surface area contributed by atoms with Crippen molar-refractivity contribution in [3.05, 3.63) is 65.2 Å². The summed E-state index contributed by atoms with van der Waals surface area (Å²) in [5.41, 5.74) is 2.60. The van der Waals surface area contributed by atoms with Crippen molar-refractivity contribution < 1.29 is 19.1 Å². The molecule has 1 fully saturated rings. The fourth-order valence-electron chi connectivity index (χ4n) is 3.24. The highest BCUT2D eigenvalue weighted by atomic mass is 16.5. The van der Waals surface area contributed by atoms with Gasteiger partial charge in [-0.2, -0.15) is 0 Å². The molecule has 0 bridgehead atoms. The molecule has 6 nitrogen and oxygen atoms in total. The molecule has 1 heterocycles. The molecule has 0 aliphatic carbocycles. The van der Waals surface area contributed by atoms with Gasteiger partial charge in [0, 0.05) is 29.9 Å². The van der Waals surface area contributed by atoms with Gasteiger partial charge in [-0.1, -0.05) is 17.7 Å². The predicted molar refractivity (Wildman–Crippen MR) is 105 cm³/mol. The summed E-state index contributed by atoms with van der Waals surface area (Å²) in [4.78, 5) is 38.5. The minimum atomic E-state index is -0.239. The Hall–Kier alpha value is -3.15. The first kappa shape index (κ1) is 19.6. The molecule has 0 unspecified atom stereocenters. The molecule has 1 radical (unpaired) electrons. The second-order valence-corrected chi connectivity index (χ2v) is 6.92. The largest absolute Gasteiger partial charge is 0.469 e. The number of ether oxygens (including phenoxy) is 1. The first-order valence-corrected chi connectivity index (χ1v) is 9.24. The molecule has 0 spiro atoms. The maximum absolute atomic E-state index is 12.8. The lowest BCUT2D eigenvalue weighted by molar-refractivity contribution is -0.146. The van der Waals surface area contributed by atoms with Gasteiger partial charge >= 0.3 is 5.97 Å². The van der Waals surface area contributed by atoms with E-state index in [-0.39, 0.29) is 23.7 Å². The van der Waals surface area contributed by atoms with E-state index in [2.05, 4.69) is 11.4 Å². The Labute approximate surface area is 164 Å². The molecule has 3 rings (SSSR count). The number of amides is 2. The van der Waals surface area contributed by atoms with Crippen LogP contribution in [0.4, 0.5) is 5.69 Å². The number of aryl methyl sites for hydroxylation is 1. The van der Waals surface area contributed by atoms with Crippen LogP contribution < -0.4 is 5.32 Å². The van der Waals surface area contributed by atoms with E-state index in [1.807, 2.05) is 19.1 Å². The summed E-state index contributed by atoms with van der Waals surface area (Å²) in [6.07, 6.45) is 1.18. The highest BCUT2D eigenvalue weighted by Gasteiger charge is 2.28. The van der Waals surface area contributed by atoms with Crippen LogP contribution in [-0.4, -0.2) is 42.9 Å². The number of piperidine rings is 1. The lowest BCUT2D eigenvalue weighted by Gasteiger charge is -2.30. The van der Waals surface area contributed by atoms with Gasteiger partial charge in [0.15, 0.2) is 0 Å². The third-order valence-electron chi connectivity index (χ3n) is 4.92. The fraction of sp³-hybridized carbons (Fsp3) is 0.318. The zero-order valence-corrected chi connectivity index (χ0v) is 16.0. The van der Waals surface area contributed by atoms with Gasteiger partial charge in [-0.05, 0) is 56.2 Å². The highest BCUT2D eigenvalue weighted by Crippen LogP contribution is 2.21. The van der Waals surface area contributed by atoms with Gasteiger partial charge in [0.25, 0.3) is 11.8 Å². The maximum Gasteiger partial charge on any atom is 0.308 e. The Bertz CT molecular complexity index is 868. The third kappa shape index (κ3) is 4.57. The molecule has 2 aromatic carbocycles. The average molecular weight is 379 g/mol. The van der Waals surface area contributed by atoms with Crippen LogP contribution in [-0.2, 0) is 9.53 Å². The second kappa shape index (κ2) is 8.69. The molecule has 1 saturated heterocycles. The van der Waals surface area contributed by atoms with E-state index in [4.69, 9.17) is 4.74 Å². The number of benzene rings is 2. The van der Waals surface area contributed by atoms with Crippen LogP contribution in [0.5, 0.6) is 0 Å². The van der Waals surface area contributed by atoms with E-state index in [9.17, 15) is 14.4 Å². The normalized spacial score (nSPS) is 14.4. The van der Waals surface area contributed by atoms with Crippen molar-refractivity contribution in [2.75, 3.05) is 25.5 Å². The van der Waals surface area contributed by atoms with E-state index >= 15 is 0 Å². The summed E-state index contributed by atoms with van der Waals surface area (Å²) in [6.45, 7) is 2.96. The van der Waals surface area contributed by atoms with E-state index in [0.29, 0.717) is 42.7 Å². The zero-order chi connectivity index (χ0) is 20.1. The number of nitrogens with one attached hydrogen (secondary N) is 1. The van der Waals surface area contributed by atoms with Gasteiger partial charge in [0.2, 0.25) is 0 Å². The van der Waals surface area contributed by atoms with Gasteiger partial charge in [0.1, 0.15) is 0 Å². The number of hydrogen-bond acceptors (Lipinski definition) is 4. The standard InChI is InChI=1S/C22H23N2O4/c1-15-6-8-16(9-7-15)20(25)23-19-5-3-4-18(14-19)21(26)24-12-10-17(11-13-24)22(27)28-2/h4-9,14,17H,10-13H2,1-2H3,(H,23,25). The van der Waals surface area contributed by atoms with Crippen molar-refractivity contribution in [2.45, 2.75) is 19.8 Å². The topological polar surface area (TPSA) is 75.7 Å². The van der Waals surface area contributed by atoms with Crippen molar-refractivity contribution in [1.82, 2.24) is 4.90 Å². The lowest BCUT2D eigenvalue weighted by Crippen LogP contribution is -2.40. The van der Waals surface area contributed by atoms with Crippen LogP contribution in [0.2, 0.25) is 0 Å². The molecular weight excluding hydrogens is 356 g/mol. The van der Waals surface area contributed by atoms with E-state index in [1.165, 1.54) is 7.11 Å². The molecule has 1 N–H and O–H groups in total. The monoisotopic (exact) mass is 379 g/mol. The summed E-state index contributed by atoms with van der Waals surface area (Å²) >= 11 is 0. The van der Waals surface area contributed by atoms with Gasteiger partial charge in [-0.25, -0.2) is 0 Å². The van der Waals surface area contributed by atoms with Gasteiger partial charge in [-0.3, -0.25) is 14.4 Å². The Morgan fingerprint density at radius 3 is 2.39 bits per heavy atom. The number of esters is 1. The molecule has 0 saturated carbocycles. The number of nitrogens with zero attached hydrogens (tertiary/aromatic N) is 1. The zero-order valence-electron chi connectivity index (χ0n) is 16.0. The van der Waals surface area contributed by atoms with Gasteiger partial charge in [-0.15, -0.1) is 0 Å². The van der Waals surface area contributed by atoms with E-state index < -0.39 is 0 Å². The van der Waals surface area contributed by atoms with Crippen molar-refractivity contribution in [1.29, 1.82) is 0 Å². The van der Waals surface area contributed by atoms with Crippen LogP contribution in [0.3, 0.4) is 0 Å². The molecule has 0 atom stereocenters. The van der Waals surface area contributed by atoms with Crippen LogP contribution in [0.1, 0.15) is 39.1 Å². The minimum Gasteiger partial charge on any atom is -0.469 e. The second-order valence-electron chi connectivity index (χ2n) is 6.92. The molecule has 1 aliphatic heterocycles. The van der Waals surface area contributed by atoms with Crippen molar-refractivity contribution in [3.8, 4) is 0 Å². The SMILES string of the molecule is COC(=O)C1CCN(C(=O)c2c[c]cc(NC(=O)c3ccc(C)cc3)c2)CC1. The molecule has 2 aromatic rings. The Kier molecular flexibility index (Phi) is 6.09. The summed E-state index contributed by atoms with van der Waals surface area (Å²) in [5, 5.41) is 2.80. The number of methoxy groups -OCH3 is 1. The summed E-state index contributed by atoms with van der Waals surface area (Å²) in [7, 11) is 1.38. The molecule has 28 heavy (non-hydrogen) atoms. The van der Waals surface area contributed by atoms with Gasteiger partial charge < -0.3 is 15.0 Å². The summed E-state index contributed by atoms with van der Waals surface area (Å²) in [5.74, 6) is -0.745. The van der Waals surface area contributed by atoms with E-state index in [1.54, 1.807) is 35.2 Å². The molecule has 145 valence electrons. The van der Waals surface area contributed by atoms with Crippen molar-refractivity contribution in [3.63, 3.8) is 0 Å². The maximum atomic E-state index is 12.8. The first-order chi connectivity index (χ1) is 13.5. The molecule has 2 amide bonds. The van der Waals surface area contributed by atoms with Crippen LogP contribution in [0.15, 0.2) is 42.5 Å². The Morgan fingerprint density at radius 1 is 1.07 bits per heavy atom. The number of carbonyl (C=O) groups excluding carboxylic acids is 3. The number of anilines is 1. The average Bonchev–Trinajstić information content (AvgIpc) is 2.73. The number of rotatable bonds is 4. The quantitative estimate of drug-likeness (QED) is 0.829. The number of likely N-dealkylation sites (tertiary alicyclic amines) is 1. The van der Waals surface area contributed by atoms with E-state index in [0.717, 1.165) is 5.56 Å².